The Balaban J connectivity index is 1.63. The Kier molecular flexibility index (Phi) is 2.96. The number of ether oxygens (including phenoxy) is 2. The molecule has 3 rings (SSSR count). The van der Waals surface area contributed by atoms with Crippen LogP contribution < -0.4 is 5.32 Å². The summed E-state index contributed by atoms with van der Waals surface area (Å²) in [6.45, 7) is 3.14. The molecule has 0 aromatic heterocycles. The number of rotatable bonds is 2. The monoisotopic (exact) mass is 232 g/mol. The van der Waals surface area contributed by atoms with E-state index >= 15 is 0 Å². The molecule has 0 saturated carbocycles. The van der Waals surface area contributed by atoms with Gasteiger partial charge >= 0.3 is 0 Å². The normalized spacial score (nSPS) is 22.6. The molecular formula is C13H16N2O2. The first kappa shape index (κ1) is 10.6. The third kappa shape index (κ3) is 2.42. The molecule has 17 heavy (non-hydrogen) atoms. The number of para-hydroxylation sites is 1. The minimum Gasteiger partial charge on any atom is -0.465 e. The third-order valence-electron chi connectivity index (χ3n) is 3.12. The molecule has 1 unspecified atom stereocenters. The van der Waals surface area contributed by atoms with Crippen molar-refractivity contribution in [1.82, 2.24) is 5.32 Å². The predicted octanol–water partition coefficient (Wildman–Crippen LogP) is 1.83. The van der Waals surface area contributed by atoms with E-state index in [2.05, 4.69) is 16.4 Å². The summed E-state index contributed by atoms with van der Waals surface area (Å²) in [4.78, 5) is 4.45. The van der Waals surface area contributed by atoms with E-state index in [-0.39, 0.29) is 0 Å². The fraction of sp³-hybridized carbons (Fsp3) is 0.462. The largest absolute Gasteiger partial charge is 0.465 e. The minimum atomic E-state index is 0.511. The Morgan fingerprint density at radius 1 is 1.41 bits per heavy atom. The minimum absolute atomic E-state index is 0.511. The molecule has 2 heterocycles. The summed E-state index contributed by atoms with van der Waals surface area (Å²) >= 11 is 0. The summed E-state index contributed by atoms with van der Waals surface area (Å²) in [5.74, 6) is 0.511. The Morgan fingerprint density at radius 3 is 3.24 bits per heavy atom. The number of benzene rings is 1. The van der Waals surface area contributed by atoms with Gasteiger partial charge in [0.2, 0.25) is 0 Å². The van der Waals surface area contributed by atoms with Crippen molar-refractivity contribution in [3.63, 3.8) is 0 Å². The van der Waals surface area contributed by atoms with Crippen LogP contribution in [0.25, 0.3) is 0 Å². The quantitative estimate of drug-likeness (QED) is 0.846. The Labute approximate surface area is 101 Å². The smallest absolute Gasteiger partial charge is 0.290 e. The van der Waals surface area contributed by atoms with Gasteiger partial charge in [-0.15, -0.1) is 0 Å². The van der Waals surface area contributed by atoms with Crippen molar-refractivity contribution in [3.05, 3.63) is 29.8 Å². The summed E-state index contributed by atoms with van der Waals surface area (Å²) in [6, 6.07) is 8.75. The lowest BCUT2D eigenvalue weighted by Crippen LogP contribution is -2.30. The van der Waals surface area contributed by atoms with E-state index in [0.717, 1.165) is 31.9 Å². The maximum atomic E-state index is 5.68. The zero-order chi connectivity index (χ0) is 11.5. The molecule has 90 valence electrons. The molecule has 1 aromatic rings. The van der Waals surface area contributed by atoms with Gasteiger partial charge in [0.15, 0.2) is 0 Å². The van der Waals surface area contributed by atoms with Gasteiger partial charge in [0.05, 0.1) is 18.9 Å². The van der Waals surface area contributed by atoms with E-state index in [0.29, 0.717) is 18.5 Å². The first-order chi connectivity index (χ1) is 8.42. The Morgan fingerprint density at radius 2 is 2.35 bits per heavy atom. The number of aliphatic imine (C=N–C) groups is 1. The lowest BCUT2D eigenvalue weighted by atomic mass is 10.1. The van der Waals surface area contributed by atoms with Gasteiger partial charge in [-0.05, 0) is 18.1 Å². The SMILES string of the molecule is c1ccc2c(c1)CNC(OCC1CCOC1)=N2. The van der Waals surface area contributed by atoms with Crippen molar-refractivity contribution in [2.24, 2.45) is 10.9 Å². The van der Waals surface area contributed by atoms with E-state index < -0.39 is 0 Å². The molecule has 0 amide bonds. The number of hydrogen-bond donors (Lipinski definition) is 1. The highest BCUT2D eigenvalue weighted by Gasteiger charge is 2.18. The van der Waals surface area contributed by atoms with E-state index in [1.165, 1.54) is 5.56 Å². The van der Waals surface area contributed by atoms with Crippen LogP contribution in [0, 0.1) is 5.92 Å². The molecule has 0 bridgehead atoms. The van der Waals surface area contributed by atoms with Crippen LogP contribution in [0.2, 0.25) is 0 Å². The van der Waals surface area contributed by atoms with Gasteiger partial charge in [0.1, 0.15) is 0 Å². The molecule has 1 fully saturated rings. The number of nitrogens with zero attached hydrogens (tertiary/aromatic N) is 1. The van der Waals surface area contributed by atoms with Crippen LogP contribution >= 0.6 is 0 Å². The Bertz CT molecular complexity index is 425. The van der Waals surface area contributed by atoms with Crippen molar-refractivity contribution < 1.29 is 9.47 Å². The lowest BCUT2D eigenvalue weighted by Gasteiger charge is -2.18. The van der Waals surface area contributed by atoms with Crippen molar-refractivity contribution in [2.45, 2.75) is 13.0 Å². The zero-order valence-corrected chi connectivity index (χ0v) is 9.69. The van der Waals surface area contributed by atoms with Gasteiger partial charge in [-0.25, -0.2) is 0 Å². The van der Waals surface area contributed by atoms with E-state index in [1.54, 1.807) is 0 Å². The Hall–Kier alpha value is -1.55. The number of hydrogen-bond acceptors (Lipinski definition) is 4. The molecule has 0 radical (unpaired) electrons. The highest BCUT2D eigenvalue weighted by Crippen LogP contribution is 2.22. The summed E-state index contributed by atoms with van der Waals surface area (Å²) in [5.41, 5.74) is 2.22. The first-order valence-corrected chi connectivity index (χ1v) is 6.03. The van der Waals surface area contributed by atoms with Crippen LogP contribution in [0.15, 0.2) is 29.3 Å². The first-order valence-electron chi connectivity index (χ1n) is 6.03. The third-order valence-corrected chi connectivity index (χ3v) is 3.12. The van der Waals surface area contributed by atoms with Crippen molar-refractivity contribution in [1.29, 1.82) is 0 Å². The van der Waals surface area contributed by atoms with E-state index in [1.807, 2.05) is 18.2 Å². The molecule has 1 saturated heterocycles. The number of fused-ring (bicyclic) bond motifs is 1. The van der Waals surface area contributed by atoms with Gasteiger partial charge < -0.3 is 14.8 Å². The van der Waals surface area contributed by atoms with Gasteiger partial charge in [-0.3, -0.25) is 0 Å². The van der Waals surface area contributed by atoms with Crippen LogP contribution in [0.1, 0.15) is 12.0 Å². The van der Waals surface area contributed by atoms with Crippen molar-refractivity contribution >= 4 is 11.7 Å². The van der Waals surface area contributed by atoms with Gasteiger partial charge in [-0.1, -0.05) is 18.2 Å². The topological polar surface area (TPSA) is 42.8 Å². The van der Waals surface area contributed by atoms with Crippen LogP contribution in [-0.4, -0.2) is 25.8 Å². The molecule has 0 aliphatic carbocycles. The molecule has 4 nitrogen and oxygen atoms in total. The summed E-state index contributed by atoms with van der Waals surface area (Å²) in [7, 11) is 0. The molecule has 2 aliphatic heterocycles. The molecule has 1 N–H and O–H groups in total. The van der Waals surface area contributed by atoms with Crippen LogP contribution in [-0.2, 0) is 16.0 Å². The molecule has 1 aromatic carbocycles. The summed E-state index contributed by atoms with van der Waals surface area (Å²) in [6.07, 6.45) is 1.09. The molecular weight excluding hydrogens is 216 g/mol. The fourth-order valence-corrected chi connectivity index (χ4v) is 2.08. The maximum Gasteiger partial charge on any atom is 0.290 e. The van der Waals surface area contributed by atoms with E-state index in [4.69, 9.17) is 9.47 Å². The summed E-state index contributed by atoms with van der Waals surface area (Å²) in [5, 5.41) is 3.19. The predicted molar refractivity (Wildman–Crippen MR) is 65.3 cm³/mol. The molecule has 2 aliphatic rings. The fourth-order valence-electron chi connectivity index (χ4n) is 2.08. The molecule has 4 heteroatoms. The average molecular weight is 232 g/mol. The van der Waals surface area contributed by atoms with Gasteiger partial charge in [-0.2, -0.15) is 4.99 Å². The zero-order valence-electron chi connectivity index (χ0n) is 9.69. The maximum absolute atomic E-state index is 5.68. The van der Waals surface area contributed by atoms with Gasteiger partial charge in [0, 0.05) is 19.1 Å². The highest BCUT2D eigenvalue weighted by molar-refractivity contribution is 5.79. The van der Waals surface area contributed by atoms with Crippen LogP contribution in [0.5, 0.6) is 0 Å². The summed E-state index contributed by atoms with van der Waals surface area (Å²) < 4.78 is 11.0. The highest BCUT2D eigenvalue weighted by atomic mass is 16.5. The van der Waals surface area contributed by atoms with Crippen LogP contribution in [0.3, 0.4) is 0 Å². The average Bonchev–Trinajstić information content (AvgIpc) is 2.89. The standard InChI is InChI=1S/C13H16N2O2/c1-2-4-12-11(3-1)7-14-13(15-12)17-9-10-5-6-16-8-10/h1-4,10H,5-9H2,(H,14,15). The second-order valence-corrected chi connectivity index (χ2v) is 4.44. The van der Waals surface area contributed by atoms with E-state index in [9.17, 15) is 0 Å². The second-order valence-electron chi connectivity index (χ2n) is 4.44. The lowest BCUT2D eigenvalue weighted by molar-refractivity contribution is 0.161. The number of nitrogens with one attached hydrogen (secondary N) is 1. The van der Waals surface area contributed by atoms with Crippen LogP contribution in [0.4, 0.5) is 5.69 Å². The van der Waals surface area contributed by atoms with Gasteiger partial charge in [0.25, 0.3) is 6.02 Å². The van der Waals surface area contributed by atoms with Crippen molar-refractivity contribution in [3.8, 4) is 0 Å². The second kappa shape index (κ2) is 4.75. The van der Waals surface area contributed by atoms with Crippen molar-refractivity contribution in [2.75, 3.05) is 19.8 Å². The molecule has 0 spiro atoms. The molecule has 1 atom stereocenters. The number of amidine groups is 1.